The topological polar surface area (TPSA) is 54.9 Å². The van der Waals surface area contributed by atoms with Crippen LogP contribution >= 0.6 is 0 Å². The summed E-state index contributed by atoms with van der Waals surface area (Å²) in [4.78, 5) is 4.24. The third-order valence-corrected chi connectivity index (χ3v) is 4.05. The van der Waals surface area contributed by atoms with Crippen LogP contribution in [0.25, 0.3) is 0 Å². The zero-order chi connectivity index (χ0) is 19.2. The minimum absolute atomic E-state index is 0.617. The fraction of sp³-hybridized carbons (Fsp3) is 0.409. The summed E-state index contributed by atoms with van der Waals surface area (Å²) in [5.41, 5.74) is 3.57. The Morgan fingerprint density at radius 3 is 2.19 bits per heavy atom. The van der Waals surface area contributed by atoms with Gasteiger partial charge in [0.25, 0.3) is 0 Å². The van der Waals surface area contributed by atoms with E-state index in [9.17, 15) is 0 Å². The quantitative estimate of drug-likeness (QED) is 0.362. The minimum atomic E-state index is 0.617. The van der Waals surface area contributed by atoms with Gasteiger partial charge in [-0.1, -0.05) is 54.6 Å². The van der Waals surface area contributed by atoms with Gasteiger partial charge in [-0.05, 0) is 30.0 Å². The number of ether oxygens (including phenoxy) is 2. The first-order valence-electron chi connectivity index (χ1n) is 9.53. The van der Waals surface area contributed by atoms with Crippen LogP contribution in [0.15, 0.2) is 59.6 Å². The number of nitrogens with one attached hydrogen (secondary N) is 2. The molecule has 0 fully saturated rings. The molecule has 0 bridgehead atoms. The first kappa shape index (κ1) is 20.9. The van der Waals surface area contributed by atoms with Gasteiger partial charge < -0.3 is 20.1 Å². The maximum absolute atomic E-state index is 5.78. The van der Waals surface area contributed by atoms with Gasteiger partial charge in [-0.2, -0.15) is 0 Å². The van der Waals surface area contributed by atoms with E-state index in [1.165, 1.54) is 16.7 Å². The van der Waals surface area contributed by atoms with Crippen LogP contribution in [0.5, 0.6) is 0 Å². The number of guanidine groups is 1. The molecule has 0 unspecified atom stereocenters. The van der Waals surface area contributed by atoms with Gasteiger partial charge in [-0.25, -0.2) is 0 Å². The number of hydrogen-bond donors (Lipinski definition) is 2. The Balaban J connectivity index is 1.66. The first-order chi connectivity index (χ1) is 13.3. The SMILES string of the molecule is CCOCCCNC(=NC)NCc1ccc(COCc2ccccc2)cc1. The van der Waals surface area contributed by atoms with E-state index in [-0.39, 0.29) is 0 Å². The maximum Gasteiger partial charge on any atom is 0.191 e. The molecule has 0 aliphatic carbocycles. The highest BCUT2D eigenvalue weighted by Gasteiger charge is 2.00. The van der Waals surface area contributed by atoms with Crippen molar-refractivity contribution in [3.8, 4) is 0 Å². The van der Waals surface area contributed by atoms with Crippen LogP contribution < -0.4 is 10.6 Å². The van der Waals surface area contributed by atoms with Crippen molar-refractivity contribution in [1.82, 2.24) is 10.6 Å². The van der Waals surface area contributed by atoms with Gasteiger partial charge in [0.2, 0.25) is 0 Å². The predicted octanol–water partition coefficient (Wildman–Crippen LogP) is 3.50. The molecule has 0 aliphatic heterocycles. The van der Waals surface area contributed by atoms with Crippen LogP contribution in [0, 0.1) is 0 Å². The highest BCUT2D eigenvalue weighted by atomic mass is 16.5. The van der Waals surface area contributed by atoms with Gasteiger partial charge in [0.05, 0.1) is 13.2 Å². The molecule has 0 saturated carbocycles. The van der Waals surface area contributed by atoms with Gasteiger partial charge in [0.15, 0.2) is 5.96 Å². The molecule has 0 saturated heterocycles. The van der Waals surface area contributed by atoms with Crippen molar-refractivity contribution in [2.75, 3.05) is 26.8 Å². The highest BCUT2D eigenvalue weighted by Crippen LogP contribution is 2.08. The Morgan fingerprint density at radius 1 is 0.852 bits per heavy atom. The van der Waals surface area contributed by atoms with Gasteiger partial charge in [0, 0.05) is 33.4 Å². The van der Waals surface area contributed by atoms with Crippen molar-refractivity contribution >= 4 is 5.96 Å². The molecule has 2 rings (SSSR count). The van der Waals surface area contributed by atoms with Gasteiger partial charge >= 0.3 is 0 Å². The summed E-state index contributed by atoms with van der Waals surface area (Å²) in [6.07, 6.45) is 0.965. The average Bonchev–Trinajstić information content (AvgIpc) is 2.72. The fourth-order valence-electron chi connectivity index (χ4n) is 2.55. The molecule has 0 radical (unpaired) electrons. The summed E-state index contributed by atoms with van der Waals surface area (Å²) in [6.45, 7) is 6.37. The normalized spacial score (nSPS) is 11.4. The molecule has 5 nitrogen and oxygen atoms in total. The van der Waals surface area contributed by atoms with Crippen LogP contribution in [-0.2, 0) is 29.2 Å². The Morgan fingerprint density at radius 2 is 1.52 bits per heavy atom. The highest BCUT2D eigenvalue weighted by molar-refractivity contribution is 5.79. The van der Waals surface area contributed by atoms with Crippen LogP contribution in [0.1, 0.15) is 30.0 Å². The van der Waals surface area contributed by atoms with E-state index in [0.717, 1.165) is 38.7 Å². The molecule has 0 amide bonds. The van der Waals surface area contributed by atoms with Crippen LogP contribution in [0.2, 0.25) is 0 Å². The molecule has 0 aliphatic rings. The Labute approximate surface area is 162 Å². The molecular weight excluding hydrogens is 338 g/mol. The third kappa shape index (κ3) is 8.71. The summed E-state index contributed by atoms with van der Waals surface area (Å²) in [6, 6.07) is 18.7. The Bertz CT molecular complexity index is 657. The largest absolute Gasteiger partial charge is 0.382 e. The van der Waals surface area contributed by atoms with Crippen molar-refractivity contribution in [2.45, 2.75) is 33.1 Å². The summed E-state index contributed by atoms with van der Waals surface area (Å²) in [7, 11) is 1.78. The van der Waals surface area contributed by atoms with E-state index in [2.05, 4.69) is 52.0 Å². The summed E-state index contributed by atoms with van der Waals surface area (Å²) in [5, 5.41) is 6.62. The van der Waals surface area contributed by atoms with Crippen molar-refractivity contribution in [3.63, 3.8) is 0 Å². The Kier molecular flexibility index (Phi) is 10.0. The molecule has 2 aromatic carbocycles. The van der Waals surface area contributed by atoms with Gasteiger partial charge in [-0.15, -0.1) is 0 Å². The molecule has 0 aromatic heterocycles. The summed E-state index contributed by atoms with van der Waals surface area (Å²) in [5.74, 6) is 0.807. The molecule has 0 atom stereocenters. The second kappa shape index (κ2) is 12.9. The number of nitrogens with zero attached hydrogens (tertiary/aromatic N) is 1. The minimum Gasteiger partial charge on any atom is -0.382 e. The third-order valence-electron chi connectivity index (χ3n) is 4.05. The zero-order valence-electron chi connectivity index (χ0n) is 16.4. The van der Waals surface area contributed by atoms with Crippen molar-refractivity contribution in [1.29, 1.82) is 0 Å². The number of rotatable bonds is 11. The lowest BCUT2D eigenvalue weighted by atomic mass is 10.1. The van der Waals surface area contributed by atoms with E-state index in [0.29, 0.717) is 13.2 Å². The molecule has 0 spiro atoms. The van der Waals surface area contributed by atoms with Crippen molar-refractivity contribution in [2.24, 2.45) is 4.99 Å². The molecule has 2 N–H and O–H groups in total. The first-order valence-corrected chi connectivity index (χ1v) is 9.53. The molecule has 0 heterocycles. The number of aliphatic imine (C=N–C) groups is 1. The van der Waals surface area contributed by atoms with E-state index in [4.69, 9.17) is 9.47 Å². The number of hydrogen-bond acceptors (Lipinski definition) is 3. The average molecular weight is 370 g/mol. The van der Waals surface area contributed by atoms with Gasteiger partial charge in [-0.3, -0.25) is 4.99 Å². The lowest BCUT2D eigenvalue weighted by Gasteiger charge is -2.12. The van der Waals surface area contributed by atoms with Crippen molar-refractivity contribution < 1.29 is 9.47 Å². The van der Waals surface area contributed by atoms with E-state index in [1.54, 1.807) is 7.05 Å². The van der Waals surface area contributed by atoms with E-state index < -0.39 is 0 Å². The molecule has 146 valence electrons. The van der Waals surface area contributed by atoms with Gasteiger partial charge in [0.1, 0.15) is 0 Å². The zero-order valence-corrected chi connectivity index (χ0v) is 16.4. The van der Waals surface area contributed by atoms with E-state index in [1.807, 2.05) is 25.1 Å². The summed E-state index contributed by atoms with van der Waals surface area (Å²) >= 11 is 0. The standard InChI is InChI=1S/C22H31N3O2/c1-3-26-15-7-14-24-22(23-2)25-16-19-10-12-21(13-11-19)18-27-17-20-8-5-4-6-9-20/h4-6,8-13H,3,7,14-18H2,1-2H3,(H2,23,24,25). The summed E-state index contributed by atoms with van der Waals surface area (Å²) < 4.78 is 11.1. The molecule has 2 aromatic rings. The fourth-order valence-corrected chi connectivity index (χ4v) is 2.55. The van der Waals surface area contributed by atoms with E-state index >= 15 is 0 Å². The second-order valence-electron chi connectivity index (χ2n) is 6.20. The van der Waals surface area contributed by atoms with Crippen LogP contribution in [0.3, 0.4) is 0 Å². The maximum atomic E-state index is 5.78. The number of benzene rings is 2. The second-order valence-corrected chi connectivity index (χ2v) is 6.20. The predicted molar refractivity (Wildman–Crippen MR) is 111 cm³/mol. The van der Waals surface area contributed by atoms with Crippen LogP contribution in [0.4, 0.5) is 0 Å². The van der Waals surface area contributed by atoms with Crippen molar-refractivity contribution in [3.05, 3.63) is 71.3 Å². The lowest BCUT2D eigenvalue weighted by Crippen LogP contribution is -2.37. The molecular formula is C22H31N3O2. The van der Waals surface area contributed by atoms with Crippen LogP contribution in [-0.4, -0.2) is 32.8 Å². The smallest absolute Gasteiger partial charge is 0.191 e. The molecule has 5 heteroatoms. The monoisotopic (exact) mass is 369 g/mol. The lowest BCUT2D eigenvalue weighted by molar-refractivity contribution is 0.107. The molecule has 27 heavy (non-hydrogen) atoms. The Hall–Kier alpha value is -2.37.